The number of hydrogen-bond acceptors (Lipinski definition) is 5. The average Bonchev–Trinajstić information content (AvgIpc) is 2.53. The molecule has 0 saturated carbocycles. The Morgan fingerprint density at radius 2 is 1.91 bits per heavy atom. The van der Waals surface area contributed by atoms with Gasteiger partial charge in [-0.1, -0.05) is 16.8 Å². The predicted octanol–water partition coefficient (Wildman–Crippen LogP) is 4.08. The summed E-state index contributed by atoms with van der Waals surface area (Å²) in [7, 11) is -4.04. The molecule has 1 aliphatic heterocycles. The minimum Gasteiger partial charge on any atom is -0.264 e. The van der Waals surface area contributed by atoms with Crippen LogP contribution in [0, 0.1) is 5.82 Å². The maximum Gasteiger partial charge on any atom is 0.358 e. The number of oxime groups is 1. The van der Waals surface area contributed by atoms with Crippen LogP contribution in [-0.2, 0) is 14.4 Å². The number of benzene rings is 2. The fourth-order valence-electron chi connectivity index (χ4n) is 2.08. The van der Waals surface area contributed by atoms with Crippen LogP contribution in [0.4, 0.5) is 4.39 Å². The molecule has 2 aromatic carbocycles. The number of halogens is 2. The first-order chi connectivity index (χ1) is 11.0. The van der Waals surface area contributed by atoms with Crippen LogP contribution in [0.5, 0.6) is 0 Å². The third-order valence-electron chi connectivity index (χ3n) is 3.20. The second-order valence-corrected chi connectivity index (χ2v) is 7.86. The third-order valence-corrected chi connectivity index (χ3v) is 5.64. The van der Waals surface area contributed by atoms with Gasteiger partial charge in [0.2, 0.25) is 0 Å². The van der Waals surface area contributed by atoms with Crippen LogP contribution in [0.3, 0.4) is 0 Å². The standard InChI is InChI=1S/C15H11ClFNO3S2/c16-10-1-4-12(5-2-10)23(19,20)21-18-14-7-8-22-15-6-3-11(17)9-13(14)15/h1-6,9H,7-8H2. The molecule has 0 N–H and O–H groups in total. The summed E-state index contributed by atoms with van der Waals surface area (Å²) in [6, 6.07) is 9.92. The van der Waals surface area contributed by atoms with Gasteiger partial charge in [0.1, 0.15) is 10.7 Å². The number of thioether (sulfide) groups is 1. The lowest BCUT2D eigenvalue weighted by Gasteiger charge is -2.16. The Morgan fingerprint density at radius 1 is 1.17 bits per heavy atom. The first-order valence-electron chi connectivity index (χ1n) is 6.64. The monoisotopic (exact) mass is 371 g/mol. The van der Waals surface area contributed by atoms with Crippen molar-refractivity contribution >= 4 is 39.2 Å². The van der Waals surface area contributed by atoms with Crippen molar-refractivity contribution in [2.24, 2.45) is 5.16 Å². The lowest BCUT2D eigenvalue weighted by Crippen LogP contribution is -2.12. The molecule has 4 nitrogen and oxygen atoms in total. The summed E-state index contributed by atoms with van der Waals surface area (Å²) in [5.41, 5.74) is 0.975. The molecule has 0 atom stereocenters. The normalized spacial score (nSPS) is 16.2. The Bertz CT molecular complexity index is 867. The van der Waals surface area contributed by atoms with Crippen LogP contribution in [-0.4, -0.2) is 19.9 Å². The molecule has 0 spiro atoms. The van der Waals surface area contributed by atoms with Crippen LogP contribution in [0.2, 0.25) is 5.02 Å². The summed E-state index contributed by atoms with van der Waals surface area (Å²) < 4.78 is 42.4. The van der Waals surface area contributed by atoms with Crippen molar-refractivity contribution in [3.63, 3.8) is 0 Å². The number of nitrogens with zero attached hydrogens (tertiary/aromatic N) is 1. The van der Waals surface area contributed by atoms with E-state index in [9.17, 15) is 12.8 Å². The van der Waals surface area contributed by atoms with E-state index in [0.717, 1.165) is 10.6 Å². The first kappa shape index (κ1) is 16.3. The quantitative estimate of drug-likeness (QED) is 0.763. The molecule has 0 aliphatic carbocycles. The molecule has 0 radical (unpaired) electrons. The molecule has 8 heteroatoms. The number of fused-ring (bicyclic) bond motifs is 1. The summed E-state index contributed by atoms with van der Waals surface area (Å²) in [4.78, 5) is 0.805. The molecular weight excluding hydrogens is 361 g/mol. The summed E-state index contributed by atoms with van der Waals surface area (Å²) in [5.74, 6) is 0.321. The van der Waals surface area contributed by atoms with E-state index in [0.29, 0.717) is 22.7 Å². The molecule has 0 bridgehead atoms. The molecule has 0 aromatic heterocycles. The summed E-state index contributed by atoms with van der Waals surface area (Å²) in [6.45, 7) is 0. The van der Waals surface area contributed by atoms with Crippen LogP contribution in [0.15, 0.2) is 57.4 Å². The highest BCUT2D eigenvalue weighted by molar-refractivity contribution is 7.99. The van der Waals surface area contributed by atoms with Crippen molar-refractivity contribution in [2.75, 3.05) is 5.75 Å². The molecule has 0 saturated heterocycles. The van der Waals surface area contributed by atoms with Gasteiger partial charge in [-0.3, -0.25) is 4.28 Å². The lowest BCUT2D eigenvalue weighted by molar-refractivity contribution is 0.338. The SMILES string of the molecule is O=S(=O)(ON=C1CCSc2ccc(F)cc21)c1ccc(Cl)cc1. The van der Waals surface area contributed by atoms with Gasteiger partial charge < -0.3 is 0 Å². The molecule has 1 aliphatic rings. The van der Waals surface area contributed by atoms with Crippen molar-refractivity contribution in [3.05, 3.63) is 58.9 Å². The summed E-state index contributed by atoms with van der Waals surface area (Å²) in [5, 5.41) is 4.17. The van der Waals surface area contributed by atoms with Gasteiger partial charge in [-0.2, -0.15) is 8.42 Å². The van der Waals surface area contributed by atoms with Gasteiger partial charge in [-0.15, -0.1) is 11.8 Å². The number of rotatable bonds is 3. The zero-order valence-electron chi connectivity index (χ0n) is 11.7. The minimum absolute atomic E-state index is 0.0455. The zero-order valence-corrected chi connectivity index (χ0v) is 14.1. The second kappa shape index (κ2) is 6.51. The van der Waals surface area contributed by atoms with Gasteiger partial charge in [0.15, 0.2) is 0 Å². The lowest BCUT2D eigenvalue weighted by atomic mass is 10.1. The van der Waals surface area contributed by atoms with E-state index < -0.39 is 15.9 Å². The number of hydrogen-bond donors (Lipinski definition) is 0. The van der Waals surface area contributed by atoms with Crippen LogP contribution in [0.1, 0.15) is 12.0 Å². The van der Waals surface area contributed by atoms with Crippen LogP contribution in [0.25, 0.3) is 0 Å². The first-order valence-corrected chi connectivity index (χ1v) is 9.42. The third kappa shape index (κ3) is 3.68. The van der Waals surface area contributed by atoms with Crippen LogP contribution < -0.4 is 0 Å². The Labute approximate surface area is 142 Å². The molecule has 23 heavy (non-hydrogen) atoms. The van der Waals surface area contributed by atoms with E-state index in [2.05, 4.69) is 5.16 Å². The predicted molar refractivity (Wildman–Crippen MR) is 88.0 cm³/mol. The topological polar surface area (TPSA) is 55.7 Å². The summed E-state index contributed by atoms with van der Waals surface area (Å²) in [6.07, 6.45) is 0.497. The molecule has 0 unspecified atom stereocenters. The molecule has 0 amide bonds. The van der Waals surface area contributed by atoms with E-state index in [-0.39, 0.29) is 4.90 Å². The van der Waals surface area contributed by atoms with Gasteiger partial charge in [0.05, 0.1) is 5.71 Å². The Morgan fingerprint density at radius 3 is 2.65 bits per heavy atom. The van der Waals surface area contributed by atoms with Gasteiger partial charge in [0, 0.05) is 27.7 Å². The Kier molecular flexibility index (Phi) is 4.61. The zero-order chi connectivity index (χ0) is 16.4. The smallest absolute Gasteiger partial charge is 0.264 e. The Balaban J connectivity index is 1.89. The highest BCUT2D eigenvalue weighted by atomic mass is 35.5. The van der Waals surface area contributed by atoms with Gasteiger partial charge in [-0.25, -0.2) is 4.39 Å². The molecular formula is C15H11ClFNO3S2. The average molecular weight is 372 g/mol. The van der Waals surface area contributed by atoms with Crippen LogP contribution >= 0.6 is 23.4 Å². The molecule has 120 valence electrons. The summed E-state index contributed by atoms with van der Waals surface area (Å²) >= 11 is 7.30. The molecule has 1 heterocycles. The van der Waals surface area contributed by atoms with E-state index in [1.807, 2.05) is 0 Å². The van der Waals surface area contributed by atoms with E-state index in [1.54, 1.807) is 17.8 Å². The molecule has 0 fully saturated rings. The highest BCUT2D eigenvalue weighted by Gasteiger charge is 2.20. The maximum atomic E-state index is 13.4. The van der Waals surface area contributed by atoms with E-state index >= 15 is 0 Å². The van der Waals surface area contributed by atoms with E-state index in [1.165, 1.54) is 36.4 Å². The van der Waals surface area contributed by atoms with Crippen molar-refractivity contribution < 1.29 is 17.1 Å². The highest BCUT2D eigenvalue weighted by Crippen LogP contribution is 2.31. The van der Waals surface area contributed by atoms with Gasteiger partial charge in [-0.05, 0) is 42.5 Å². The van der Waals surface area contributed by atoms with Gasteiger partial charge in [0.25, 0.3) is 0 Å². The van der Waals surface area contributed by atoms with Crippen molar-refractivity contribution in [1.82, 2.24) is 0 Å². The fraction of sp³-hybridized carbons (Fsp3) is 0.133. The largest absolute Gasteiger partial charge is 0.358 e. The Hall–Kier alpha value is -1.57. The van der Waals surface area contributed by atoms with Crippen molar-refractivity contribution in [1.29, 1.82) is 0 Å². The maximum absolute atomic E-state index is 13.4. The second-order valence-electron chi connectivity index (χ2n) is 4.76. The molecule has 2 aromatic rings. The fourth-order valence-corrected chi connectivity index (χ4v) is 3.96. The van der Waals surface area contributed by atoms with Crippen molar-refractivity contribution in [2.45, 2.75) is 16.2 Å². The van der Waals surface area contributed by atoms with Gasteiger partial charge >= 0.3 is 10.1 Å². The van der Waals surface area contributed by atoms with Crippen molar-refractivity contribution in [3.8, 4) is 0 Å². The van der Waals surface area contributed by atoms with E-state index in [4.69, 9.17) is 15.9 Å². The molecule has 3 rings (SSSR count). The minimum atomic E-state index is -4.04.